The lowest BCUT2D eigenvalue weighted by molar-refractivity contribution is -0.144. The van der Waals surface area contributed by atoms with Gasteiger partial charge in [0, 0.05) is 38.0 Å². The maximum absolute atomic E-state index is 13.2. The number of aromatic nitrogens is 2. The Morgan fingerprint density at radius 1 is 1.45 bits per heavy atom. The van der Waals surface area contributed by atoms with Crippen LogP contribution in [0.5, 0.6) is 0 Å². The van der Waals surface area contributed by atoms with E-state index >= 15 is 0 Å². The van der Waals surface area contributed by atoms with Crippen LogP contribution in [-0.2, 0) is 16.9 Å². The fraction of sp³-hybridized carbons (Fsp3) is 0.389. The van der Waals surface area contributed by atoms with E-state index in [0.29, 0.717) is 0 Å². The highest BCUT2D eigenvalue weighted by atomic mass is 35.5. The molecule has 1 aliphatic carbocycles. The first kappa shape index (κ1) is 21.2. The lowest BCUT2D eigenvalue weighted by Crippen LogP contribution is -2.47. The zero-order valence-corrected chi connectivity index (χ0v) is 17.1. The number of nitrogens with one attached hydrogen (secondary N) is 1. The highest BCUT2D eigenvalue weighted by molar-refractivity contribution is 7.91. The van der Waals surface area contributed by atoms with Gasteiger partial charge in [-0.2, -0.15) is 5.26 Å². The summed E-state index contributed by atoms with van der Waals surface area (Å²) in [7, 11) is -2.55. The zero-order valence-electron chi connectivity index (χ0n) is 15.5. The fourth-order valence-corrected chi connectivity index (χ4v) is 6.23. The Bertz CT molecular complexity index is 1130. The van der Waals surface area contributed by atoms with Gasteiger partial charge in [-0.15, -0.1) is 0 Å². The maximum atomic E-state index is 13.2. The lowest BCUT2D eigenvalue weighted by atomic mass is 9.69. The van der Waals surface area contributed by atoms with Crippen molar-refractivity contribution >= 4 is 33.0 Å². The second kappa shape index (κ2) is 7.07. The van der Waals surface area contributed by atoms with Gasteiger partial charge in [0.25, 0.3) is 5.91 Å². The van der Waals surface area contributed by atoms with E-state index in [-0.39, 0.29) is 27.0 Å². The first-order valence-corrected chi connectivity index (χ1v) is 10.5. The number of aryl methyl sites for hydroxylation is 1. The molecule has 0 atom stereocenters. The summed E-state index contributed by atoms with van der Waals surface area (Å²) in [6, 6.07) is 4.65. The van der Waals surface area contributed by atoms with Gasteiger partial charge < -0.3 is 9.88 Å². The highest BCUT2D eigenvalue weighted by Crippen LogP contribution is 2.53. The van der Waals surface area contributed by atoms with Crippen LogP contribution in [0.1, 0.15) is 35.9 Å². The van der Waals surface area contributed by atoms with E-state index in [2.05, 4.69) is 10.3 Å². The molecule has 2 aromatic rings. The minimum Gasteiger partial charge on any atom is -0.344 e. The lowest BCUT2D eigenvalue weighted by Gasteiger charge is -2.44. The molecular formula is C18H17ClF2N4O3S. The number of carbonyl (C=O) groups excluding carboxylic acids is 1. The number of pyridine rings is 1. The van der Waals surface area contributed by atoms with Crippen molar-refractivity contribution < 1.29 is 22.0 Å². The summed E-state index contributed by atoms with van der Waals surface area (Å²) in [6.07, 6.45) is 1.51. The van der Waals surface area contributed by atoms with Gasteiger partial charge in [-0.1, -0.05) is 18.5 Å². The second-order valence-electron chi connectivity index (χ2n) is 7.54. The normalized spacial score (nSPS) is 17.2. The molecule has 0 unspecified atom stereocenters. The molecule has 7 nitrogen and oxygen atoms in total. The highest BCUT2D eigenvalue weighted by Gasteiger charge is 2.55. The zero-order chi connectivity index (χ0) is 21.6. The summed E-state index contributed by atoms with van der Waals surface area (Å²) in [5.74, 6) is -4.03. The third kappa shape index (κ3) is 4.26. The smallest absolute Gasteiger partial charge is 0.273 e. The third-order valence-corrected chi connectivity index (χ3v) is 7.23. The number of hydrogen-bond acceptors (Lipinski definition) is 5. The van der Waals surface area contributed by atoms with Crippen molar-refractivity contribution in [1.82, 2.24) is 9.55 Å². The Morgan fingerprint density at radius 3 is 2.69 bits per heavy atom. The molecule has 0 bridgehead atoms. The average molecular weight is 443 g/mol. The summed E-state index contributed by atoms with van der Waals surface area (Å²) in [5, 5.41) is 11.1. The average Bonchev–Trinajstić information content (AvgIpc) is 2.87. The number of alkyl halides is 2. The van der Waals surface area contributed by atoms with Crippen molar-refractivity contribution in [1.29, 1.82) is 5.26 Å². The van der Waals surface area contributed by atoms with Gasteiger partial charge in [-0.25, -0.2) is 22.2 Å². The Morgan fingerprint density at radius 2 is 2.10 bits per heavy atom. The predicted octanol–water partition coefficient (Wildman–Crippen LogP) is 3.41. The molecule has 1 amide bonds. The summed E-state index contributed by atoms with van der Waals surface area (Å²) in [4.78, 5) is 16.1. The number of anilines is 1. The van der Waals surface area contributed by atoms with Crippen LogP contribution < -0.4 is 5.32 Å². The molecule has 1 saturated carbocycles. The van der Waals surface area contributed by atoms with E-state index in [1.165, 1.54) is 43.1 Å². The van der Waals surface area contributed by atoms with Crippen LogP contribution in [0.3, 0.4) is 0 Å². The molecule has 1 fully saturated rings. The standard InChI is InChI=1S/C18H17ClF2N4O3S/c1-17(8-18(20,21)9-17)10-29(27,28)13-7-25(2)15(14(13)19)16(26)24-11-3-4-23-12(5-11)6-22/h3-5,7H,8-10H2,1-2H3,(H,23,24,26). The Balaban J connectivity index is 1.86. The summed E-state index contributed by atoms with van der Waals surface area (Å²) < 4.78 is 53.3. The molecule has 0 aliphatic heterocycles. The van der Waals surface area contributed by atoms with Crippen LogP contribution in [0, 0.1) is 16.7 Å². The first-order valence-electron chi connectivity index (χ1n) is 8.49. The molecule has 11 heteroatoms. The number of nitrogens with zero attached hydrogens (tertiary/aromatic N) is 3. The first-order chi connectivity index (χ1) is 13.4. The van der Waals surface area contributed by atoms with Crippen LogP contribution in [0.4, 0.5) is 14.5 Å². The molecule has 1 aliphatic rings. The number of nitriles is 1. The predicted molar refractivity (Wildman–Crippen MR) is 102 cm³/mol. The largest absolute Gasteiger partial charge is 0.344 e. The SMILES string of the molecule is Cn1cc(S(=O)(=O)CC2(C)CC(F)(F)C2)c(Cl)c1C(=O)Nc1ccnc(C#N)c1. The van der Waals surface area contributed by atoms with Crippen LogP contribution in [0.25, 0.3) is 0 Å². The minimum atomic E-state index is -4.00. The molecule has 29 heavy (non-hydrogen) atoms. The van der Waals surface area contributed by atoms with Gasteiger partial charge in [-0.3, -0.25) is 4.79 Å². The van der Waals surface area contributed by atoms with Gasteiger partial charge >= 0.3 is 0 Å². The summed E-state index contributed by atoms with van der Waals surface area (Å²) in [5.41, 5.74) is -0.777. The molecule has 0 spiro atoms. The molecule has 1 N–H and O–H groups in total. The van der Waals surface area contributed by atoms with E-state index in [0.717, 1.165) is 0 Å². The van der Waals surface area contributed by atoms with Crippen molar-refractivity contribution in [3.8, 4) is 6.07 Å². The maximum Gasteiger partial charge on any atom is 0.273 e. The molecular weight excluding hydrogens is 426 g/mol. The monoisotopic (exact) mass is 442 g/mol. The molecule has 0 saturated heterocycles. The molecule has 3 rings (SSSR count). The van der Waals surface area contributed by atoms with Gasteiger partial charge in [0.15, 0.2) is 9.84 Å². The molecule has 154 valence electrons. The van der Waals surface area contributed by atoms with Crippen molar-refractivity contribution in [3.63, 3.8) is 0 Å². The molecule has 0 aromatic carbocycles. The van der Waals surface area contributed by atoms with Crippen LogP contribution >= 0.6 is 11.6 Å². The van der Waals surface area contributed by atoms with Crippen LogP contribution in [0.15, 0.2) is 29.4 Å². The fourth-order valence-electron chi connectivity index (χ4n) is 3.64. The topological polar surface area (TPSA) is 105 Å². The summed E-state index contributed by atoms with van der Waals surface area (Å²) in [6.45, 7) is 1.49. The number of hydrogen-bond donors (Lipinski definition) is 1. The van der Waals surface area contributed by atoms with Gasteiger partial charge in [-0.05, 0) is 17.5 Å². The molecule has 0 radical (unpaired) electrons. The Hall–Kier alpha value is -2.51. The van der Waals surface area contributed by atoms with Crippen LogP contribution in [-0.4, -0.2) is 35.6 Å². The quantitative estimate of drug-likeness (QED) is 0.764. The van der Waals surface area contributed by atoms with E-state index in [9.17, 15) is 22.0 Å². The number of amides is 1. The summed E-state index contributed by atoms with van der Waals surface area (Å²) >= 11 is 6.21. The van der Waals surface area contributed by atoms with E-state index in [1.54, 1.807) is 0 Å². The Labute approximate surface area is 171 Å². The van der Waals surface area contributed by atoms with E-state index in [1.807, 2.05) is 6.07 Å². The number of halogens is 3. The van der Waals surface area contributed by atoms with E-state index in [4.69, 9.17) is 16.9 Å². The van der Waals surface area contributed by atoms with Gasteiger partial charge in [0.1, 0.15) is 22.4 Å². The molecule has 2 heterocycles. The number of rotatable bonds is 5. The third-order valence-electron chi connectivity index (χ3n) is 4.68. The number of sulfone groups is 1. The van der Waals surface area contributed by atoms with Crippen molar-refractivity contribution in [2.75, 3.05) is 11.1 Å². The minimum absolute atomic E-state index is 0.0922. The van der Waals surface area contributed by atoms with Gasteiger partial charge in [0.05, 0.1) is 10.8 Å². The number of carbonyl (C=O) groups is 1. The van der Waals surface area contributed by atoms with Gasteiger partial charge in [0.2, 0.25) is 5.92 Å². The Kier molecular flexibility index (Phi) is 5.17. The van der Waals surface area contributed by atoms with Crippen molar-refractivity contribution in [2.45, 2.75) is 30.6 Å². The van der Waals surface area contributed by atoms with Crippen molar-refractivity contribution in [3.05, 3.63) is 40.9 Å². The van der Waals surface area contributed by atoms with Crippen molar-refractivity contribution in [2.24, 2.45) is 12.5 Å². The molecule has 2 aromatic heterocycles. The second-order valence-corrected chi connectivity index (χ2v) is 9.88. The van der Waals surface area contributed by atoms with E-state index < -0.39 is 45.7 Å². The van der Waals surface area contributed by atoms with Crippen LogP contribution in [0.2, 0.25) is 5.02 Å².